The molecule has 1 amide bonds. The number of nitrogens with zero attached hydrogens (tertiary/aromatic N) is 1. The van der Waals surface area contributed by atoms with Gasteiger partial charge in [-0.05, 0) is 43.7 Å². The minimum Gasteiger partial charge on any atom is -0.406 e. The number of carbonyl (C=O) groups is 1. The van der Waals surface area contributed by atoms with E-state index >= 15 is 0 Å². The molecule has 0 radical (unpaired) electrons. The van der Waals surface area contributed by atoms with E-state index in [9.17, 15) is 26.4 Å². The van der Waals surface area contributed by atoms with Crippen LogP contribution in [-0.2, 0) is 14.8 Å². The van der Waals surface area contributed by atoms with Gasteiger partial charge < -0.3 is 10.1 Å². The topological polar surface area (TPSA) is 75.7 Å². The smallest absolute Gasteiger partial charge is 0.406 e. The van der Waals surface area contributed by atoms with Crippen LogP contribution in [0.1, 0.15) is 45.4 Å². The number of benzene rings is 1. The summed E-state index contributed by atoms with van der Waals surface area (Å²) < 4.78 is 67.9. The molecule has 30 heavy (non-hydrogen) atoms. The zero-order valence-electron chi connectivity index (χ0n) is 16.8. The SMILES string of the molecule is C[C@H]1CCCC[C@H]1NC(=O)C1CCN(S(=O)(=O)c2cccc(OC(F)(F)F)c2)CC1. The van der Waals surface area contributed by atoms with Crippen molar-refractivity contribution in [2.24, 2.45) is 11.8 Å². The van der Waals surface area contributed by atoms with Crippen LogP contribution in [0.2, 0.25) is 0 Å². The average molecular weight is 449 g/mol. The summed E-state index contributed by atoms with van der Waals surface area (Å²) in [6.07, 6.45) is 0.205. The highest BCUT2D eigenvalue weighted by atomic mass is 32.2. The van der Waals surface area contributed by atoms with Crippen molar-refractivity contribution >= 4 is 15.9 Å². The van der Waals surface area contributed by atoms with Crippen molar-refractivity contribution < 1.29 is 31.1 Å². The molecule has 2 atom stereocenters. The third-order valence-electron chi connectivity index (χ3n) is 5.94. The first-order chi connectivity index (χ1) is 14.1. The van der Waals surface area contributed by atoms with Crippen molar-refractivity contribution in [3.05, 3.63) is 24.3 Å². The minimum atomic E-state index is -4.90. The highest BCUT2D eigenvalue weighted by molar-refractivity contribution is 7.89. The van der Waals surface area contributed by atoms with E-state index in [4.69, 9.17) is 0 Å². The second kappa shape index (κ2) is 9.13. The number of sulfonamides is 1. The van der Waals surface area contributed by atoms with Gasteiger partial charge in [0.15, 0.2) is 0 Å². The Labute approximate surface area is 174 Å². The third-order valence-corrected chi connectivity index (χ3v) is 7.84. The number of amides is 1. The van der Waals surface area contributed by atoms with Gasteiger partial charge in [-0.2, -0.15) is 4.31 Å². The molecule has 1 saturated heterocycles. The molecule has 1 aromatic rings. The lowest BCUT2D eigenvalue weighted by molar-refractivity contribution is -0.274. The van der Waals surface area contributed by atoms with Crippen molar-refractivity contribution in [1.82, 2.24) is 9.62 Å². The van der Waals surface area contributed by atoms with Crippen molar-refractivity contribution in [3.63, 3.8) is 0 Å². The lowest BCUT2D eigenvalue weighted by Crippen LogP contribution is -2.47. The Kier molecular flexibility index (Phi) is 6.96. The first kappa shape index (κ1) is 22.9. The second-order valence-electron chi connectivity index (χ2n) is 8.08. The molecular formula is C20H27F3N2O4S. The van der Waals surface area contributed by atoms with E-state index in [0.29, 0.717) is 18.8 Å². The van der Waals surface area contributed by atoms with Crippen LogP contribution in [0.3, 0.4) is 0 Å². The molecule has 0 spiro atoms. The summed E-state index contributed by atoms with van der Waals surface area (Å²) in [5, 5.41) is 3.12. The van der Waals surface area contributed by atoms with Crippen LogP contribution in [0, 0.1) is 11.8 Å². The summed E-state index contributed by atoms with van der Waals surface area (Å²) >= 11 is 0. The zero-order valence-corrected chi connectivity index (χ0v) is 17.6. The standard InChI is InChI=1S/C20H27F3N2O4S/c1-14-5-2-3-8-18(14)24-19(26)15-9-11-25(12-10-15)30(27,28)17-7-4-6-16(13-17)29-20(21,22)23/h4,6-7,13-15,18H,2-3,5,8-12H2,1H3,(H,24,26)/t14-,18+/m0/s1. The molecule has 0 bridgehead atoms. The van der Waals surface area contributed by atoms with E-state index in [1.165, 1.54) is 22.9 Å². The predicted molar refractivity (Wildman–Crippen MR) is 104 cm³/mol. The van der Waals surface area contributed by atoms with Crippen LogP contribution in [-0.4, -0.2) is 44.1 Å². The molecule has 6 nitrogen and oxygen atoms in total. The quantitative estimate of drug-likeness (QED) is 0.746. The van der Waals surface area contributed by atoms with Crippen LogP contribution in [0.25, 0.3) is 0 Å². The minimum absolute atomic E-state index is 0.0358. The highest BCUT2D eigenvalue weighted by Gasteiger charge is 2.35. The Hall–Kier alpha value is -1.81. The summed E-state index contributed by atoms with van der Waals surface area (Å²) in [5.41, 5.74) is 0. The summed E-state index contributed by atoms with van der Waals surface area (Å²) in [5.74, 6) is -0.439. The molecule has 2 fully saturated rings. The molecular weight excluding hydrogens is 421 g/mol. The summed E-state index contributed by atoms with van der Waals surface area (Å²) in [6, 6.07) is 4.53. The summed E-state index contributed by atoms with van der Waals surface area (Å²) in [7, 11) is -3.97. The van der Waals surface area contributed by atoms with Gasteiger partial charge in [0, 0.05) is 31.1 Å². The van der Waals surface area contributed by atoms with Gasteiger partial charge in [0.2, 0.25) is 15.9 Å². The highest BCUT2D eigenvalue weighted by Crippen LogP contribution is 2.29. The Morgan fingerprint density at radius 1 is 1.13 bits per heavy atom. The number of piperidine rings is 1. The molecule has 168 valence electrons. The summed E-state index contributed by atoms with van der Waals surface area (Å²) in [6.45, 7) is 2.42. The fraction of sp³-hybridized carbons (Fsp3) is 0.650. The van der Waals surface area contributed by atoms with Gasteiger partial charge in [-0.1, -0.05) is 25.8 Å². The van der Waals surface area contributed by atoms with Gasteiger partial charge in [-0.3, -0.25) is 4.79 Å². The average Bonchev–Trinajstić information content (AvgIpc) is 2.69. The number of carbonyl (C=O) groups excluding carboxylic acids is 1. The van der Waals surface area contributed by atoms with Crippen molar-refractivity contribution in [1.29, 1.82) is 0 Å². The fourth-order valence-electron chi connectivity index (χ4n) is 4.17. The van der Waals surface area contributed by atoms with Crippen LogP contribution >= 0.6 is 0 Å². The maximum absolute atomic E-state index is 12.8. The van der Waals surface area contributed by atoms with Gasteiger partial charge >= 0.3 is 6.36 Å². The van der Waals surface area contributed by atoms with E-state index in [-0.39, 0.29) is 35.9 Å². The molecule has 10 heteroatoms. The fourth-order valence-corrected chi connectivity index (χ4v) is 5.68. The maximum atomic E-state index is 12.8. The van der Waals surface area contributed by atoms with Crippen LogP contribution in [0.4, 0.5) is 13.2 Å². The van der Waals surface area contributed by atoms with E-state index in [1.807, 2.05) is 0 Å². The molecule has 1 aliphatic carbocycles. The number of alkyl halides is 3. The maximum Gasteiger partial charge on any atom is 0.573 e. The zero-order chi connectivity index (χ0) is 21.9. The van der Waals surface area contributed by atoms with E-state index in [1.54, 1.807) is 0 Å². The number of ether oxygens (including phenoxy) is 1. The number of rotatable bonds is 5. The van der Waals surface area contributed by atoms with Crippen molar-refractivity contribution in [2.45, 2.75) is 62.7 Å². The number of hydrogen-bond donors (Lipinski definition) is 1. The molecule has 1 aliphatic heterocycles. The Morgan fingerprint density at radius 3 is 2.43 bits per heavy atom. The van der Waals surface area contributed by atoms with Gasteiger partial charge in [0.1, 0.15) is 5.75 Å². The molecule has 1 heterocycles. The first-order valence-electron chi connectivity index (χ1n) is 10.2. The van der Waals surface area contributed by atoms with Crippen LogP contribution in [0.5, 0.6) is 5.75 Å². The van der Waals surface area contributed by atoms with E-state index in [2.05, 4.69) is 17.0 Å². The molecule has 0 unspecified atom stereocenters. The Balaban J connectivity index is 1.60. The molecule has 2 aliphatic rings. The van der Waals surface area contributed by atoms with E-state index < -0.39 is 22.1 Å². The summed E-state index contributed by atoms with van der Waals surface area (Å²) in [4.78, 5) is 12.4. The molecule has 0 aromatic heterocycles. The lowest BCUT2D eigenvalue weighted by atomic mass is 9.85. The Morgan fingerprint density at radius 2 is 1.80 bits per heavy atom. The normalized spacial score (nSPS) is 24.4. The number of hydrogen-bond acceptors (Lipinski definition) is 4. The largest absolute Gasteiger partial charge is 0.573 e. The van der Waals surface area contributed by atoms with Gasteiger partial charge in [0.05, 0.1) is 4.90 Å². The monoisotopic (exact) mass is 448 g/mol. The number of halogens is 3. The van der Waals surface area contributed by atoms with Crippen LogP contribution < -0.4 is 10.1 Å². The van der Waals surface area contributed by atoms with Gasteiger partial charge in [-0.25, -0.2) is 8.42 Å². The predicted octanol–water partition coefficient (Wildman–Crippen LogP) is 3.68. The lowest BCUT2D eigenvalue weighted by Gasteiger charge is -2.34. The van der Waals surface area contributed by atoms with Crippen molar-refractivity contribution in [2.75, 3.05) is 13.1 Å². The number of nitrogens with one attached hydrogen (secondary N) is 1. The van der Waals surface area contributed by atoms with Gasteiger partial charge in [-0.15, -0.1) is 13.2 Å². The molecule has 3 rings (SSSR count). The Bertz CT molecular complexity index is 852. The first-order valence-corrected chi connectivity index (χ1v) is 11.7. The molecule has 1 N–H and O–H groups in total. The second-order valence-corrected chi connectivity index (χ2v) is 10.0. The van der Waals surface area contributed by atoms with Gasteiger partial charge in [0.25, 0.3) is 0 Å². The molecule has 1 aromatic carbocycles. The van der Waals surface area contributed by atoms with E-state index in [0.717, 1.165) is 31.4 Å². The van der Waals surface area contributed by atoms with Crippen molar-refractivity contribution in [3.8, 4) is 5.75 Å². The van der Waals surface area contributed by atoms with Crippen LogP contribution in [0.15, 0.2) is 29.2 Å². The molecule has 1 saturated carbocycles. The third kappa shape index (κ3) is 5.66.